The summed E-state index contributed by atoms with van der Waals surface area (Å²) in [6.45, 7) is 3.67. The first kappa shape index (κ1) is 19.9. The molecule has 0 atom stereocenters. The van der Waals surface area contributed by atoms with E-state index in [1.54, 1.807) is 13.2 Å². The number of rotatable bonds is 6. The zero-order valence-corrected chi connectivity index (χ0v) is 17.0. The zero-order valence-electron chi connectivity index (χ0n) is 14.7. The second-order valence-electron chi connectivity index (χ2n) is 5.26. The Kier molecular flexibility index (Phi) is 7.57. The maximum absolute atomic E-state index is 5.41. The first-order chi connectivity index (χ1) is 12.3. The van der Waals surface area contributed by atoms with E-state index < -0.39 is 0 Å². The van der Waals surface area contributed by atoms with E-state index in [2.05, 4.69) is 30.8 Å². The molecular formula is C17H22IN7O. The van der Waals surface area contributed by atoms with Crippen LogP contribution in [0.3, 0.4) is 0 Å². The molecule has 3 heterocycles. The Morgan fingerprint density at radius 2 is 2.04 bits per heavy atom. The molecule has 138 valence electrons. The number of hydrogen-bond donors (Lipinski definition) is 2. The normalized spacial score (nSPS) is 11.1. The average Bonchev–Trinajstić information content (AvgIpc) is 3.06. The van der Waals surface area contributed by atoms with Gasteiger partial charge in [0.25, 0.3) is 0 Å². The van der Waals surface area contributed by atoms with Crippen LogP contribution in [-0.2, 0) is 13.1 Å². The lowest BCUT2D eigenvalue weighted by atomic mass is 10.2. The fourth-order valence-corrected chi connectivity index (χ4v) is 2.37. The fourth-order valence-electron chi connectivity index (χ4n) is 2.37. The van der Waals surface area contributed by atoms with Gasteiger partial charge in [0.15, 0.2) is 17.4 Å². The summed E-state index contributed by atoms with van der Waals surface area (Å²) < 4.78 is 7.36. The molecule has 0 aromatic carbocycles. The minimum Gasteiger partial charge on any atom is -0.478 e. The van der Waals surface area contributed by atoms with Crippen LogP contribution in [0.2, 0.25) is 0 Å². The molecule has 3 rings (SSSR count). The van der Waals surface area contributed by atoms with Gasteiger partial charge in [-0.05, 0) is 30.7 Å². The number of pyridine rings is 2. The van der Waals surface area contributed by atoms with E-state index >= 15 is 0 Å². The van der Waals surface area contributed by atoms with E-state index in [1.807, 2.05) is 47.9 Å². The first-order valence-corrected chi connectivity index (χ1v) is 8.11. The van der Waals surface area contributed by atoms with Gasteiger partial charge in [-0.15, -0.1) is 34.2 Å². The van der Waals surface area contributed by atoms with Crippen LogP contribution in [0.25, 0.3) is 5.65 Å². The molecule has 26 heavy (non-hydrogen) atoms. The summed E-state index contributed by atoms with van der Waals surface area (Å²) >= 11 is 0. The van der Waals surface area contributed by atoms with Crippen LogP contribution in [0, 0.1) is 0 Å². The molecule has 0 aliphatic rings. The van der Waals surface area contributed by atoms with Crippen molar-refractivity contribution in [3.8, 4) is 5.88 Å². The summed E-state index contributed by atoms with van der Waals surface area (Å²) in [6.07, 6.45) is 3.68. The van der Waals surface area contributed by atoms with Gasteiger partial charge in [-0.3, -0.25) is 9.39 Å². The third-order valence-corrected chi connectivity index (χ3v) is 3.57. The fraction of sp³-hybridized carbons (Fsp3) is 0.294. The second-order valence-corrected chi connectivity index (χ2v) is 5.26. The maximum Gasteiger partial charge on any atom is 0.213 e. The van der Waals surface area contributed by atoms with Gasteiger partial charge in [-0.1, -0.05) is 6.07 Å². The molecule has 0 spiro atoms. The summed E-state index contributed by atoms with van der Waals surface area (Å²) in [5.74, 6) is 2.13. The molecule has 3 aromatic heterocycles. The van der Waals surface area contributed by atoms with Crippen molar-refractivity contribution in [3.63, 3.8) is 0 Å². The van der Waals surface area contributed by atoms with Crippen LogP contribution in [0.5, 0.6) is 5.88 Å². The van der Waals surface area contributed by atoms with E-state index in [0.717, 1.165) is 17.0 Å². The number of halogens is 1. The van der Waals surface area contributed by atoms with Gasteiger partial charge in [0.05, 0.1) is 13.2 Å². The van der Waals surface area contributed by atoms with Crippen molar-refractivity contribution >= 4 is 35.6 Å². The average molecular weight is 467 g/mol. The number of aliphatic imine (C=N–C) groups is 1. The van der Waals surface area contributed by atoms with Gasteiger partial charge in [0.2, 0.25) is 5.88 Å². The van der Waals surface area contributed by atoms with Crippen molar-refractivity contribution in [2.24, 2.45) is 4.99 Å². The number of nitrogens with zero attached hydrogens (tertiary/aromatic N) is 5. The molecule has 0 aliphatic carbocycles. The number of hydrogen-bond acceptors (Lipinski definition) is 5. The van der Waals surface area contributed by atoms with Crippen LogP contribution in [0.4, 0.5) is 0 Å². The molecule has 0 bridgehead atoms. The minimum absolute atomic E-state index is 0. The Morgan fingerprint density at radius 1 is 1.19 bits per heavy atom. The minimum atomic E-state index is 0. The SMILES string of the molecule is CCOc1cc(CNC(=NC)NCc2nnc3ccccn23)ccn1.I. The quantitative estimate of drug-likeness (QED) is 0.328. The topological polar surface area (TPSA) is 88.7 Å². The Bertz CT molecular complexity index is 865. The van der Waals surface area contributed by atoms with Crippen molar-refractivity contribution < 1.29 is 4.74 Å². The molecule has 0 aliphatic heterocycles. The highest BCUT2D eigenvalue weighted by atomic mass is 127. The molecular weight excluding hydrogens is 445 g/mol. The van der Waals surface area contributed by atoms with Gasteiger partial charge < -0.3 is 15.4 Å². The molecule has 9 heteroatoms. The highest BCUT2D eigenvalue weighted by Crippen LogP contribution is 2.09. The van der Waals surface area contributed by atoms with Gasteiger partial charge in [-0.25, -0.2) is 4.98 Å². The summed E-state index contributed by atoms with van der Waals surface area (Å²) in [4.78, 5) is 8.39. The van der Waals surface area contributed by atoms with Gasteiger partial charge in [-0.2, -0.15) is 0 Å². The number of aromatic nitrogens is 4. The highest BCUT2D eigenvalue weighted by Gasteiger charge is 2.06. The van der Waals surface area contributed by atoms with Crippen molar-refractivity contribution in [1.82, 2.24) is 30.2 Å². The monoisotopic (exact) mass is 467 g/mol. The molecule has 2 N–H and O–H groups in total. The van der Waals surface area contributed by atoms with E-state index in [4.69, 9.17) is 4.74 Å². The van der Waals surface area contributed by atoms with Crippen LogP contribution in [0.1, 0.15) is 18.3 Å². The lowest BCUT2D eigenvalue weighted by molar-refractivity contribution is 0.326. The summed E-state index contributed by atoms with van der Waals surface area (Å²) in [5, 5.41) is 14.8. The van der Waals surface area contributed by atoms with Crippen LogP contribution < -0.4 is 15.4 Å². The summed E-state index contributed by atoms with van der Waals surface area (Å²) in [6, 6.07) is 9.66. The van der Waals surface area contributed by atoms with Gasteiger partial charge in [0, 0.05) is 32.1 Å². The smallest absolute Gasteiger partial charge is 0.213 e. The molecule has 0 amide bonds. The Balaban J connectivity index is 0.00000243. The van der Waals surface area contributed by atoms with E-state index in [9.17, 15) is 0 Å². The van der Waals surface area contributed by atoms with E-state index in [1.165, 1.54) is 0 Å². The van der Waals surface area contributed by atoms with Crippen molar-refractivity contribution in [2.45, 2.75) is 20.0 Å². The largest absolute Gasteiger partial charge is 0.478 e. The highest BCUT2D eigenvalue weighted by molar-refractivity contribution is 14.0. The number of nitrogens with one attached hydrogen (secondary N) is 2. The zero-order chi connectivity index (χ0) is 17.5. The van der Waals surface area contributed by atoms with Crippen LogP contribution in [0.15, 0.2) is 47.7 Å². The Labute approximate surface area is 169 Å². The van der Waals surface area contributed by atoms with Gasteiger partial charge >= 0.3 is 0 Å². The molecule has 0 saturated heterocycles. The predicted molar refractivity (Wildman–Crippen MR) is 111 cm³/mol. The Morgan fingerprint density at radius 3 is 2.85 bits per heavy atom. The molecule has 0 unspecified atom stereocenters. The van der Waals surface area contributed by atoms with Crippen molar-refractivity contribution in [2.75, 3.05) is 13.7 Å². The Hall–Kier alpha value is -2.43. The predicted octanol–water partition coefficient (Wildman–Crippen LogP) is 2.01. The first-order valence-electron chi connectivity index (χ1n) is 8.11. The molecule has 0 fully saturated rings. The summed E-state index contributed by atoms with van der Waals surface area (Å²) in [7, 11) is 1.73. The third-order valence-electron chi connectivity index (χ3n) is 3.57. The van der Waals surface area contributed by atoms with Crippen molar-refractivity contribution in [1.29, 1.82) is 0 Å². The molecule has 0 saturated carbocycles. The lowest BCUT2D eigenvalue weighted by Gasteiger charge is -2.12. The van der Waals surface area contributed by atoms with Crippen LogP contribution in [-0.4, -0.2) is 39.2 Å². The lowest BCUT2D eigenvalue weighted by Crippen LogP contribution is -2.36. The standard InChI is InChI=1S/C17H21N7O.HI/c1-3-25-16-10-13(7-8-19-16)11-20-17(18-2)21-12-15-23-22-14-6-4-5-9-24(14)15;/h4-10H,3,11-12H2,1-2H3,(H2,18,20,21);1H. The second kappa shape index (κ2) is 9.90. The van der Waals surface area contributed by atoms with Gasteiger partial charge in [0.1, 0.15) is 0 Å². The molecule has 0 radical (unpaired) electrons. The molecule has 8 nitrogen and oxygen atoms in total. The van der Waals surface area contributed by atoms with E-state index in [-0.39, 0.29) is 24.0 Å². The maximum atomic E-state index is 5.41. The molecule has 3 aromatic rings. The van der Waals surface area contributed by atoms with E-state index in [0.29, 0.717) is 31.5 Å². The number of fused-ring (bicyclic) bond motifs is 1. The third kappa shape index (κ3) is 5.04. The number of guanidine groups is 1. The number of ether oxygens (including phenoxy) is 1. The van der Waals surface area contributed by atoms with Crippen LogP contribution >= 0.6 is 24.0 Å². The summed E-state index contributed by atoms with van der Waals surface area (Å²) in [5.41, 5.74) is 1.89. The van der Waals surface area contributed by atoms with Crippen molar-refractivity contribution in [3.05, 3.63) is 54.1 Å².